The minimum absolute atomic E-state index is 0.159. The van der Waals surface area contributed by atoms with E-state index in [4.69, 9.17) is 9.47 Å². The Morgan fingerprint density at radius 3 is 2.19 bits per heavy atom. The number of aliphatic carboxylic acids is 1. The van der Waals surface area contributed by atoms with Crippen LogP contribution in [0, 0.1) is 5.92 Å². The molecule has 32 heavy (non-hydrogen) atoms. The fourth-order valence-electron chi connectivity index (χ4n) is 2.88. The summed E-state index contributed by atoms with van der Waals surface area (Å²) in [5.41, 5.74) is -0.451. The van der Waals surface area contributed by atoms with Gasteiger partial charge >= 0.3 is 18.2 Å². The summed E-state index contributed by atoms with van der Waals surface area (Å²) >= 11 is 0. The normalized spacial score (nSPS) is 12.6. The van der Waals surface area contributed by atoms with Gasteiger partial charge in [0.25, 0.3) is 0 Å². The molecule has 1 amide bonds. The fraction of sp³-hybridized carbons (Fsp3) is 0.571. The van der Waals surface area contributed by atoms with Gasteiger partial charge in [0.1, 0.15) is 17.9 Å². The Morgan fingerprint density at radius 2 is 1.72 bits per heavy atom. The Balaban J connectivity index is 3.34. The number of nitrogens with zero attached hydrogens (tertiary/aromatic N) is 1. The van der Waals surface area contributed by atoms with Crippen LogP contribution in [-0.4, -0.2) is 55.5 Å². The van der Waals surface area contributed by atoms with Crippen molar-refractivity contribution in [2.75, 3.05) is 20.8 Å². The van der Waals surface area contributed by atoms with Gasteiger partial charge in [-0.25, -0.2) is 4.79 Å². The fourth-order valence-corrected chi connectivity index (χ4v) is 2.88. The summed E-state index contributed by atoms with van der Waals surface area (Å²) in [5, 5.41) is 11.0. The molecular formula is C21H27F3NO7-. The van der Waals surface area contributed by atoms with Crippen molar-refractivity contribution in [2.45, 2.75) is 51.9 Å². The number of rotatable bonds is 9. The number of methoxy groups -OCH3 is 2. The van der Waals surface area contributed by atoms with Gasteiger partial charge in [-0.3, -0.25) is 9.69 Å². The second-order valence-electron chi connectivity index (χ2n) is 8.09. The quantitative estimate of drug-likeness (QED) is 0.519. The number of ether oxygens (including phenoxy) is 3. The van der Waals surface area contributed by atoms with Crippen molar-refractivity contribution in [2.24, 2.45) is 5.92 Å². The van der Waals surface area contributed by atoms with E-state index in [0.717, 1.165) is 7.11 Å². The molecular weight excluding hydrogens is 435 g/mol. The summed E-state index contributed by atoms with van der Waals surface area (Å²) in [6.45, 7) is 2.48. The van der Waals surface area contributed by atoms with Crippen LogP contribution in [-0.2, 0) is 32.0 Å². The number of alkyl halides is 3. The minimum Gasteiger partial charge on any atom is -0.550 e. The summed E-state index contributed by atoms with van der Waals surface area (Å²) in [7, 11) is 2.45. The highest BCUT2D eigenvalue weighted by molar-refractivity contribution is 5.78. The molecule has 0 fully saturated rings. The number of halogens is 3. The lowest BCUT2D eigenvalue weighted by atomic mass is 9.92. The van der Waals surface area contributed by atoms with Crippen molar-refractivity contribution in [3.8, 4) is 5.75 Å². The summed E-state index contributed by atoms with van der Waals surface area (Å²) in [6.07, 6.45) is -6.67. The average molecular weight is 462 g/mol. The van der Waals surface area contributed by atoms with Crippen LogP contribution in [0.15, 0.2) is 18.2 Å². The molecule has 180 valence electrons. The SMILES string of the molecule is COC(=O)C(CC(=O)[O-])Cc1ccc(OC)cc1CN(CC(F)(F)F)C(=O)OC(C)(C)C. The summed E-state index contributed by atoms with van der Waals surface area (Å²) in [5.74, 6) is -3.12. The molecule has 0 radical (unpaired) electrons. The predicted molar refractivity (Wildman–Crippen MR) is 105 cm³/mol. The molecule has 1 rings (SSSR count). The van der Waals surface area contributed by atoms with E-state index in [-0.39, 0.29) is 12.0 Å². The van der Waals surface area contributed by atoms with E-state index >= 15 is 0 Å². The van der Waals surface area contributed by atoms with Gasteiger partial charge in [0, 0.05) is 18.9 Å². The molecule has 1 unspecified atom stereocenters. The molecule has 1 aromatic rings. The van der Waals surface area contributed by atoms with E-state index in [2.05, 4.69) is 4.74 Å². The third kappa shape index (κ3) is 9.44. The van der Waals surface area contributed by atoms with Gasteiger partial charge in [0.2, 0.25) is 0 Å². The highest BCUT2D eigenvalue weighted by atomic mass is 19.4. The third-order valence-corrected chi connectivity index (χ3v) is 4.21. The van der Waals surface area contributed by atoms with Crippen LogP contribution in [0.1, 0.15) is 38.3 Å². The maximum atomic E-state index is 13.1. The first kappa shape index (κ1) is 27.1. The molecule has 0 saturated carbocycles. The summed E-state index contributed by atoms with van der Waals surface area (Å²) in [4.78, 5) is 35.9. The molecule has 1 aromatic carbocycles. The van der Waals surface area contributed by atoms with Crippen molar-refractivity contribution < 1.29 is 46.9 Å². The van der Waals surface area contributed by atoms with E-state index in [1.807, 2.05) is 0 Å². The summed E-state index contributed by atoms with van der Waals surface area (Å²) in [6, 6.07) is 4.41. The Labute approximate surface area is 184 Å². The van der Waals surface area contributed by atoms with Crippen LogP contribution >= 0.6 is 0 Å². The number of hydrogen-bond acceptors (Lipinski definition) is 7. The molecule has 1 atom stereocenters. The van der Waals surface area contributed by atoms with Gasteiger partial charge in [-0.05, 0) is 50.5 Å². The largest absolute Gasteiger partial charge is 0.550 e. The maximum absolute atomic E-state index is 13.1. The third-order valence-electron chi connectivity index (χ3n) is 4.21. The molecule has 0 aromatic heterocycles. The molecule has 0 aliphatic carbocycles. The first-order valence-corrected chi connectivity index (χ1v) is 9.63. The van der Waals surface area contributed by atoms with Crippen molar-refractivity contribution >= 4 is 18.0 Å². The van der Waals surface area contributed by atoms with E-state index in [1.54, 1.807) is 0 Å². The monoisotopic (exact) mass is 462 g/mol. The van der Waals surface area contributed by atoms with Crippen molar-refractivity contribution in [1.82, 2.24) is 4.90 Å². The Morgan fingerprint density at radius 1 is 1.09 bits per heavy atom. The Bertz CT molecular complexity index is 819. The summed E-state index contributed by atoms with van der Waals surface area (Å²) < 4.78 is 54.3. The van der Waals surface area contributed by atoms with Crippen molar-refractivity contribution in [3.63, 3.8) is 0 Å². The number of carboxylic acids is 1. The van der Waals surface area contributed by atoms with Crippen LogP contribution in [0.5, 0.6) is 5.75 Å². The molecule has 0 saturated heterocycles. The molecule has 11 heteroatoms. The average Bonchev–Trinajstić information content (AvgIpc) is 2.64. The number of benzene rings is 1. The standard InChI is InChI=1S/C21H28F3NO7/c1-20(2,3)32-19(29)25(12-21(22,23)24)11-15-9-16(30-4)7-6-13(15)8-14(10-17(26)27)18(28)31-5/h6-7,9,14H,8,10-12H2,1-5H3,(H,26,27)/p-1. The number of carboxylic acid groups (broad SMARTS) is 1. The van der Waals surface area contributed by atoms with Crippen molar-refractivity contribution in [1.29, 1.82) is 0 Å². The number of amides is 1. The van der Waals surface area contributed by atoms with Gasteiger partial charge in [0.05, 0.1) is 20.1 Å². The topological polar surface area (TPSA) is 105 Å². The second kappa shape index (κ2) is 11.1. The van der Waals surface area contributed by atoms with E-state index in [9.17, 15) is 32.7 Å². The highest BCUT2D eigenvalue weighted by Crippen LogP contribution is 2.26. The first-order chi connectivity index (χ1) is 14.6. The minimum atomic E-state index is -4.69. The molecule has 0 spiro atoms. The van der Waals surface area contributed by atoms with Crippen LogP contribution in [0.25, 0.3) is 0 Å². The lowest BCUT2D eigenvalue weighted by Gasteiger charge is -2.29. The van der Waals surface area contributed by atoms with Crippen LogP contribution in [0.4, 0.5) is 18.0 Å². The highest BCUT2D eigenvalue weighted by Gasteiger charge is 2.35. The zero-order valence-corrected chi connectivity index (χ0v) is 18.6. The predicted octanol–water partition coefficient (Wildman–Crippen LogP) is 2.47. The zero-order valence-electron chi connectivity index (χ0n) is 18.6. The van der Waals surface area contributed by atoms with Crippen LogP contribution < -0.4 is 9.84 Å². The van der Waals surface area contributed by atoms with Gasteiger partial charge < -0.3 is 24.1 Å². The van der Waals surface area contributed by atoms with Gasteiger partial charge in [-0.15, -0.1) is 0 Å². The number of carbonyl (C=O) groups excluding carboxylic acids is 3. The molecule has 0 aliphatic rings. The number of hydrogen-bond donors (Lipinski definition) is 0. The molecule has 0 N–H and O–H groups in total. The lowest BCUT2D eigenvalue weighted by molar-refractivity contribution is -0.306. The van der Waals surface area contributed by atoms with E-state index in [1.165, 1.54) is 46.1 Å². The van der Waals surface area contributed by atoms with E-state index in [0.29, 0.717) is 16.2 Å². The zero-order chi connectivity index (χ0) is 24.7. The van der Waals surface area contributed by atoms with Crippen LogP contribution in [0.2, 0.25) is 0 Å². The Hall–Kier alpha value is -2.98. The molecule has 8 nitrogen and oxygen atoms in total. The molecule has 0 aliphatic heterocycles. The van der Waals surface area contributed by atoms with Crippen LogP contribution in [0.3, 0.4) is 0 Å². The number of carbonyl (C=O) groups is 3. The second-order valence-corrected chi connectivity index (χ2v) is 8.09. The maximum Gasteiger partial charge on any atom is 0.410 e. The smallest absolute Gasteiger partial charge is 0.410 e. The number of esters is 1. The van der Waals surface area contributed by atoms with Gasteiger partial charge in [-0.1, -0.05) is 6.07 Å². The Kier molecular flexibility index (Phi) is 9.35. The first-order valence-electron chi connectivity index (χ1n) is 9.63. The van der Waals surface area contributed by atoms with Gasteiger partial charge in [0.15, 0.2) is 0 Å². The molecule has 0 heterocycles. The van der Waals surface area contributed by atoms with E-state index < -0.39 is 55.2 Å². The lowest BCUT2D eigenvalue weighted by Crippen LogP contribution is -2.42. The molecule has 0 bridgehead atoms. The van der Waals surface area contributed by atoms with Gasteiger partial charge in [-0.2, -0.15) is 13.2 Å². The van der Waals surface area contributed by atoms with Crippen molar-refractivity contribution in [3.05, 3.63) is 29.3 Å².